The number of nitro groups is 1. The number of nitrogens with one attached hydrogen (secondary N) is 1. The number of nitrogens with zero attached hydrogens (tertiary/aromatic N) is 2. The van der Waals surface area contributed by atoms with Gasteiger partial charge in [-0.25, -0.2) is 4.98 Å². The molecule has 0 amide bonds. The van der Waals surface area contributed by atoms with Gasteiger partial charge < -0.3 is 10.4 Å². The first kappa shape index (κ1) is 15.2. The van der Waals surface area contributed by atoms with Gasteiger partial charge in [0.2, 0.25) is 0 Å². The lowest BCUT2D eigenvalue weighted by molar-refractivity contribution is -0.385. The first-order valence-electron chi connectivity index (χ1n) is 6.68. The van der Waals surface area contributed by atoms with Crippen LogP contribution in [0.3, 0.4) is 0 Å². The number of rotatable bonds is 4. The zero-order valence-electron chi connectivity index (χ0n) is 11.4. The van der Waals surface area contributed by atoms with Crippen molar-refractivity contribution in [3.63, 3.8) is 0 Å². The second-order valence-electron chi connectivity index (χ2n) is 5.31. The summed E-state index contributed by atoms with van der Waals surface area (Å²) >= 11 is 3.37. The van der Waals surface area contributed by atoms with Gasteiger partial charge in [-0.15, -0.1) is 0 Å². The fourth-order valence-corrected chi connectivity index (χ4v) is 3.05. The second kappa shape index (κ2) is 6.05. The minimum atomic E-state index is -0.445. The molecule has 0 unspecified atom stereocenters. The van der Waals surface area contributed by atoms with Crippen molar-refractivity contribution >= 4 is 27.4 Å². The van der Waals surface area contributed by atoms with Gasteiger partial charge in [0.05, 0.1) is 21.5 Å². The molecule has 110 valence electrons. The molecule has 0 aliphatic heterocycles. The Morgan fingerprint density at radius 3 is 2.70 bits per heavy atom. The summed E-state index contributed by atoms with van der Waals surface area (Å²) in [5.41, 5.74) is 0.164. The highest BCUT2D eigenvalue weighted by molar-refractivity contribution is 9.10. The van der Waals surface area contributed by atoms with Gasteiger partial charge >= 0.3 is 0 Å². The van der Waals surface area contributed by atoms with E-state index in [1.807, 2.05) is 0 Å². The number of halogens is 1. The molecule has 1 aromatic heterocycles. The molecule has 1 fully saturated rings. The summed E-state index contributed by atoms with van der Waals surface area (Å²) in [5.74, 6) is 0.559. The zero-order chi connectivity index (χ0) is 14.8. The van der Waals surface area contributed by atoms with E-state index in [2.05, 4.69) is 26.2 Å². The highest BCUT2D eigenvalue weighted by atomic mass is 79.9. The molecule has 0 spiro atoms. The summed E-state index contributed by atoms with van der Waals surface area (Å²) in [4.78, 5) is 14.6. The largest absolute Gasteiger partial charge is 0.394 e. The number of hydrogen-bond donors (Lipinski definition) is 2. The topological polar surface area (TPSA) is 88.3 Å². The van der Waals surface area contributed by atoms with Crippen LogP contribution in [0.15, 0.2) is 10.7 Å². The predicted octanol–water partition coefficient (Wildman–Crippen LogP) is 3.17. The molecule has 7 heteroatoms. The molecule has 0 atom stereocenters. The molecule has 2 rings (SSSR count). The van der Waals surface area contributed by atoms with Crippen LogP contribution in [0.2, 0.25) is 0 Å². The van der Waals surface area contributed by atoms with Crippen LogP contribution in [-0.2, 0) is 0 Å². The molecule has 1 aliphatic carbocycles. The minimum Gasteiger partial charge on any atom is -0.394 e. The minimum absolute atomic E-state index is 0.0101. The molecule has 0 bridgehead atoms. The molecule has 1 aromatic rings. The Kier molecular flexibility index (Phi) is 4.59. The van der Waals surface area contributed by atoms with Gasteiger partial charge in [0, 0.05) is 5.56 Å². The van der Waals surface area contributed by atoms with Crippen molar-refractivity contribution in [2.75, 3.05) is 11.9 Å². The van der Waals surface area contributed by atoms with Crippen LogP contribution in [0.25, 0.3) is 0 Å². The molecule has 0 radical (unpaired) electrons. The number of hydrogen-bond acceptors (Lipinski definition) is 5. The molecule has 0 aromatic carbocycles. The maximum atomic E-state index is 10.9. The lowest BCUT2D eigenvalue weighted by atomic mass is 9.82. The van der Waals surface area contributed by atoms with Gasteiger partial charge in [-0.2, -0.15) is 0 Å². The van der Waals surface area contributed by atoms with Crippen molar-refractivity contribution in [1.82, 2.24) is 4.98 Å². The van der Waals surface area contributed by atoms with Crippen molar-refractivity contribution in [2.45, 2.75) is 44.6 Å². The summed E-state index contributed by atoms with van der Waals surface area (Å²) < 4.78 is 0.588. The first-order chi connectivity index (χ1) is 9.49. The van der Waals surface area contributed by atoms with Gasteiger partial charge in [-0.3, -0.25) is 10.1 Å². The van der Waals surface area contributed by atoms with Crippen LogP contribution in [0, 0.1) is 17.0 Å². The van der Waals surface area contributed by atoms with Crippen molar-refractivity contribution in [1.29, 1.82) is 0 Å². The summed E-state index contributed by atoms with van der Waals surface area (Å²) in [5, 5.41) is 23.9. The molecule has 1 saturated carbocycles. The van der Waals surface area contributed by atoms with E-state index in [4.69, 9.17) is 0 Å². The standard InChI is InChI=1S/C13H18BrN3O3/c1-9-10(17(19)20)7-15-12(11(9)14)16-13(8-18)5-3-2-4-6-13/h7,18H,2-6,8H2,1H3,(H,15,16). The first-order valence-corrected chi connectivity index (χ1v) is 7.47. The maximum absolute atomic E-state index is 10.9. The summed E-state index contributed by atoms with van der Waals surface area (Å²) in [6.45, 7) is 1.72. The molecule has 6 nitrogen and oxygen atoms in total. The molecule has 2 N–H and O–H groups in total. The Morgan fingerprint density at radius 1 is 1.50 bits per heavy atom. The highest BCUT2D eigenvalue weighted by Crippen LogP contribution is 2.36. The van der Waals surface area contributed by atoms with E-state index >= 15 is 0 Å². The van der Waals surface area contributed by atoms with E-state index in [9.17, 15) is 15.2 Å². The Bertz CT molecular complexity index is 516. The van der Waals surface area contributed by atoms with E-state index in [0.717, 1.165) is 25.7 Å². The van der Waals surface area contributed by atoms with Crippen molar-refractivity contribution in [3.8, 4) is 0 Å². The monoisotopic (exact) mass is 343 g/mol. The summed E-state index contributed by atoms with van der Waals surface area (Å²) in [6.07, 6.45) is 6.34. The fraction of sp³-hybridized carbons (Fsp3) is 0.615. The number of aliphatic hydroxyl groups excluding tert-OH is 1. The van der Waals surface area contributed by atoms with E-state index in [1.54, 1.807) is 6.92 Å². The zero-order valence-corrected chi connectivity index (χ0v) is 12.9. The van der Waals surface area contributed by atoms with Gasteiger partial charge in [-0.1, -0.05) is 19.3 Å². The van der Waals surface area contributed by atoms with Gasteiger partial charge in [-0.05, 0) is 35.7 Å². The molecular formula is C13H18BrN3O3. The van der Waals surface area contributed by atoms with E-state index in [-0.39, 0.29) is 17.8 Å². The van der Waals surface area contributed by atoms with Gasteiger partial charge in [0.25, 0.3) is 5.69 Å². The Morgan fingerprint density at radius 2 is 2.15 bits per heavy atom. The van der Waals surface area contributed by atoms with Crippen LogP contribution in [-0.4, -0.2) is 27.2 Å². The number of aliphatic hydroxyl groups is 1. The lowest BCUT2D eigenvalue weighted by Gasteiger charge is -2.37. The Balaban J connectivity index is 2.29. The van der Waals surface area contributed by atoms with Crippen LogP contribution in [0.4, 0.5) is 11.5 Å². The van der Waals surface area contributed by atoms with E-state index in [1.165, 1.54) is 12.6 Å². The van der Waals surface area contributed by atoms with Crippen molar-refractivity contribution < 1.29 is 10.0 Å². The maximum Gasteiger partial charge on any atom is 0.291 e. The highest BCUT2D eigenvalue weighted by Gasteiger charge is 2.32. The van der Waals surface area contributed by atoms with E-state index in [0.29, 0.717) is 15.9 Å². The normalized spacial score (nSPS) is 17.8. The van der Waals surface area contributed by atoms with Gasteiger partial charge in [0.1, 0.15) is 12.0 Å². The SMILES string of the molecule is Cc1c([N+](=O)[O-])cnc(NC2(CO)CCCCC2)c1Br. The Labute approximate surface area is 125 Å². The van der Waals surface area contributed by atoms with Crippen molar-refractivity contribution in [2.24, 2.45) is 0 Å². The molecule has 0 saturated heterocycles. The average molecular weight is 344 g/mol. The number of pyridine rings is 1. The lowest BCUT2D eigenvalue weighted by Crippen LogP contribution is -2.44. The number of aromatic nitrogens is 1. The second-order valence-corrected chi connectivity index (χ2v) is 6.11. The third-order valence-electron chi connectivity index (χ3n) is 3.93. The molecular weight excluding hydrogens is 326 g/mol. The van der Waals surface area contributed by atoms with Crippen molar-refractivity contribution in [3.05, 3.63) is 26.3 Å². The third kappa shape index (κ3) is 2.93. The van der Waals surface area contributed by atoms with Crippen LogP contribution in [0.1, 0.15) is 37.7 Å². The summed E-state index contributed by atoms with van der Waals surface area (Å²) in [7, 11) is 0. The van der Waals surface area contributed by atoms with Crippen LogP contribution >= 0.6 is 15.9 Å². The number of anilines is 1. The quantitative estimate of drug-likeness (QED) is 0.647. The predicted molar refractivity (Wildman–Crippen MR) is 79.9 cm³/mol. The summed E-state index contributed by atoms with van der Waals surface area (Å²) in [6, 6.07) is 0. The van der Waals surface area contributed by atoms with E-state index < -0.39 is 4.92 Å². The molecule has 20 heavy (non-hydrogen) atoms. The Hall–Kier alpha value is -1.21. The van der Waals surface area contributed by atoms with Gasteiger partial charge in [0.15, 0.2) is 0 Å². The molecule has 1 heterocycles. The smallest absolute Gasteiger partial charge is 0.291 e. The van der Waals surface area contributed by atoms with Crippen LogP contribution in [0.5, 0.6) is 0 Å². The van der Waals surface area contributed by atoms with Crippen LogP contribution < -0.4 is 5.32 Å². The third-order valence-corrected chi connectivity index (χ3v) is 4.90. The fourth-order valence-electron chi connectivity index (χ4n) is 2.64. The average Bonchev–Trinajstić information content (AvgIpc) is 2.45. The molecule has 1 aliphatic rings.